The Hall–Kier alpha value is -2.15. The van der Waals surface area contributed by atoms with Crippen LogP contribution in [-0.4, -0.2) is 47.7 Å². The van der Waals surface area contributed by atoms with Crippen molar-refractivity contribution in [1.29, 1.82) is 0 Å². The zero-order valence-corrected chi connectivity index (χ0v) is 16.9. The molecule has 0 aromatic carbocycles. The summed E-state index contributed by atoms with van der Waals surface area (Å²) in [5, 5.41) is 14.8. The predicted octanol–water partition coefficient (Wildman–Crippen LogP) is 2.00. The number of hydrogen-bond donors (Lipinski definition) is 3. The van der Waals surface area contributed by atoms with Gasteiger partial charge in [0.1, 0.15) is 6.61 Å². The lowest BCUT2D eigenvalue weighted by molar-refractivity contribution is -0.147. The molecular formula is C21H34N2O5. The third-order valence-corrected chi connectivity index (χ3v) is 4.95. The third kappa shape index (κ3) is 8.25. The molecule has 158 valence electrons. The van der Waals surface area contributed by atoms with Crippen LogP contribution in [-0.2, 0) is 19.1 Å². The zero-order valence-electron chi connectivity index (χ0n) is 16.9. The molecule has 2 atom stereocenters. The topological polar surface area (TPSA) is 105 Å². The van der Waals surface area contributed by atoms with Crippen LogP contribution in [0.25, 0.3) is 0 Å². The Labute approximate surface area is 167 Å². The van der Waals surface area contributed by atoms with Crippen LogP contribution in [0.5, 0.6) is 0 Å². The molecule has 7 nitrogen and oxygen atoms in total. The first-order valence-corrected chi connectivity index (χ1v) is 9.95. The van der Waals surface area contributed by atoms with Gasteiger partial charge in [0.15, 0.2) is 0 Å². The van der Waals surface area contributed by atoms with Gasteiger partial charge in [-0.1, -0.05) is 25.0 Å². The van der Waals surface area contributed by atoms with E-state index >= 15 is 0 Å². The van der Waals surface area contributed by atoms with Gasteiger partial charge in [-0.25, -0.2) is 0 Å². The lowest BCUT2D eigenvalue weighted by Crippen LogP contribution is -2.52. The Bertz CT molecular complexity index is 555. The van der Waals surface area contributed by atoms with Gasteiger partial charge in [-0.15, -0.1) is 13.2 Å². The van der Waals surface area contributed by atoms with Crippen LogP contribution < -0.4 is 10.6 Å². The van der Waals surface area contributed by atoms with Gasteiger partial charge in [-0.3, -0.25) is 14.4 Å². The number of ether oxygens (including phenoxy) is 1. The smallest absolute Gasteiger partial charge is 0.306 e. The highest BCUT2D eigenvalue weighted by Crippen LogP contribution is 2.31. The number of carbonyl (C=O) groups is 3. The standard InChI is InChI=1S/C21H34N2O5/c1-4-6-10-19(26)28-15-21(11-7-8-12-21)23-20(27)17(9-5-2)13-18(25)22-16(3)14-24/h4-5,16-17,24H,1-2,6-15H2,3H3,(H,22,25)(H,23,27)/t16-,17-/m1/s1. The number of nitrogens with one attached hydrogen (secondary N) is 2. The number of amides is 2. The monoisotopic (exact) mass is 394 g/mol. The molecule has 0 aromatic rings. The molecule has 0 aliphatic heterocycles. The Morgan fingerprint density at radius 1 is 1.21 bits per heavy atom. The van der Waals surface area contributed by atoms with Crippen LogP contribution in [0.15, 0.2) is 25.3 Å². The minimum absolute atomic E-state index is 0.0113. The first kappa shape index (κ1) is 23.9. The Kier molecular flexibility index (Phi) is 10.5. The second-order valence-electron chi connectivity index (χ2n) is 7.54. The first-order chi connectivity index (χ1) is 13.4. The number of esters is 1. The summed E-state index contributed by atoms with van der Waals surface area (Å²) in [6.07, 6.45) is 7.86. The minimum Gasteiger partial charge on any atom is -0.463 e. The Morgan fingerprint density at radius 3 is 2.46 bits per heavy atom. The first-order valence-electron chi connectivity index (χ1n) is 9.95. The maximum Gasteiger partial charge on any atom is 0.306 e. The minimum atomic E-state index is -0.574. The summed E-state index contributed by atoms with van der Waals surface area (Å²) in [4.78, 5) is 36.8. The van der Waals surface area contributed by atoms with Gasteiger partial charge in [0.2, 0.25) is 11.8 Å². The average molecular weight is 395 g/mol. The van der Waals surface area contributed by atoms with Crippen molar-refractivity contribution in [2.24, 2.45) is 5.92 Å². The van der Waals surface area contributed by atoms with E-state index in [9.17, 15) is 14.4 Å². The summed E-state index contributed by atoms with van der Waals surface area (Å²) in [7, 11) is 0. The second-order valence-corrected chi connectivity index (χ2v) is 7.54. The molecule has 0 heterocycles. The molecule has 0 spiro atoms. The summed E-state index contributed by atoms with van der Waals surface area (Å²) in [6.45, 7) is 8.93. The summed E-state index contributed by atoms with van der Waals surface area (Å²) in [5.74, 6) is -1.40. The molecule has 0 saturated heterocycles. The molecule has 0 aromatic heterocycles. The highest BCUT2D eigenvalue weighted by atomic mass is 16.5. The number of allylic oxidation sites excluding steroid dienone is 2. The van der Waals surface area contributed by atoms with E-state index in [1.54, 1.807) is 19.1 Å². The molecule has 1 aliphatic rings. The molecule has 2 amide bonds. The lowest BCUT2D eigenvalue weighted by Gasteiger charge is -2.31. The van der Waals surface area contributed by atoms with Gasteiger partial charge >= 0.3 is 5.97 Å². The van der Waals surface area contributed by atoms with Gasteiger partial charge in [0, 0.05) is 18.9 Å². The molecule has 0 unspecified atom stereocenters. The number of carbonyl (C=O) groups excluding carboxylic acids is 3. The molecule has 1 saturated carbocycles. The van der Waals surface area contributed by atoms with Crippen LogP contribution in [0.3, 0.4) is 0 Å². The molecule has 0 radical (unpaired) electrons. The van der Waals surface area contributed by atoms with E-state index in [1.165, 1.54) is 0 Å². The molecular weight excluding hydrogens is 360 g/mol. The second kappa shape index (κ2) is 12.3. The Balaban J connectivity index is 2.70. The fraction of sp³-hybridized carbons (Fsp3) is 0.667. The van der Waals surface area contributed by atoms with Crippen molar-refractivity contribution in [1.82, 2.24) is 10.6 Å². The molecule has 0 bridgehead atoms. The maximum atomic E-state index is 12.9. The molecule has 3 N–H and O–H groups in total. The van der Waals surface area contributed by atoms with E-state index in [-0.39, 0.29) is 49.9 Å². The largest absolute Gasteiger partial charge is 0.463 e. The van der Waals surface area contributed by atoms with E-state index in [0.29, 0.717) is 12.8 Å². The van der Waals surface area contributed by atoms with Crippen molar-refractivity contribution >= 4 is 17.8 Å². The van der Waals surface area contributed by atoms with Gasteiger partial charge in [-0.2, -0.15) is 0 Å². The zero-order chi connectivity index (χ0) is 21.0. The Morgan fingerprint density at radius 2 is 1.89 bits per heavy atom. The highest BCUT2D eigenvalue weighted by molar-refractivity contribution is 5.86. The van der Waals surface area contributed by atoms with Crippen LogP contribution in [0, 0.1) is 5.92 Å². The van der Waals surface area contributed by atoms with Crippen molar-refractivity contribution in [3.63, 3.8) is 0 Å². The van der Waals surface area contributed by atoms with E-state index in [1.807, 2.05) is 0 Å². The quantitative estimate of drug-likeness (QED) is 0.327. The van der Waals surface area contributed by atoms with E-state index in [2.05, 4.69) is 23.8 Å². The van der Waals surface area contributed by atoms with Crippen molar-refractivity contribution < 1.29 is 24.2 Å². The van der Waals surface area contributed by atoms with Crippen LogP contribution in [0.2, 0.25) is 0 Å². The fourth-order valence-electron chi connectivity index (χ4n) is 3.32. The van der Waals surface area contributed by atoms with Crippen LogP contribution in [0.4, 0.5) is 0 Å². The maximum absolute atomic E-state index is 12.9. The molecule has 1 aliphatic carbocycles. The third-order valence-electron chi connectivity index (χ3n) is 4.95. The van der Waals surface area contributed by atoms with Crippen molar-refractivity contribution in [2.45, 2.75) is 69.9 Å². The SMILES string of the molecule is C=CCCC(=O)OCC1(NC(=O)[C@H](CC=C)CC(=O)N[C@H](C)CO)CCCC1. The van der Waals surface area contributed by atoms with E-state index < -0.39 is 11.5 Å². The predicted molar refractivity (Wildman–Crippen MR) is 107 cm³/mol. The highest BCUT2D eigenvalue weighted by Gasteiger charge is 2.38. The van der Waals surface area contributed by atoms with Gasteiger partial charge < -0.3 is 20.5 Å². The van der Waals surface area contributed by atoms with Crippen molar-refractivity contribution in [3.05, 3.63) is 25.3 Å². The van der Waals surface area contributed by atoms with E-state index in [0.717, 1.165) is 25.7 Å². The van der Waals surface area contributed by atoms with Crippen molar-refractivity contribution in [2.75, 3.05) is 13.2 Å². The summed E-state index contributed by atoms with van der Waals surface area (Å²) in [6, 6.07) is -0.365. The van der Waals surface area contributed by atoms with Crippen LogP contribution in [0.1, 0.15) is 58.3 Å². The summed E-state index contributed by atoms with van der Waals surface area (Å²) < 4.78 is 5.39. The van der Waals surface area contributed by atoms with Gasteiger partial charge in [0.25, 0.3) is 0 Å². The number of rotatable bonds is 13. The average Bonchev–Trinajstić information content (AvgIpc) is 3.12. The normalized spacial score (nSPS) is 17.2. The number of aliphatic hydroxyl groups excluding tert-OH is 1. The van der Waals surface area contributed by atoms with Gasteiger partial charge in [-0.05, 0) is 32.6 Å². The molecule has 28 heavy (non-hydrogen) atoms. The fourth-order valence-corrected chi connectivity index (χ4v) is 3.32. The molecule has 7 heteroatoms. The summed E-state index contributed by atoms with van der Waals surface area (Å²) in [5.41, 5.74) is -0.574. The lowest BCUT2D eigenvalue weighted by atomic mass is 9.94. The van der Waals surface area contributed by atoms with Crippen molar-refractivity contribution in [3.8, 4) is 0 Å². The number of aliphatic hydroxyl groups is 1. The molecule has 1 rings (SSSR count). The van der Waals surface area contributed by atoms with Crippen LogP contribution >= 0.6 is 0 Å². The van der Waals surface area contributed by atoms with Gasteiger partial charge in [0.05, 0.1) is 18.1 Å². The van der Waals surface area contributed by atoms with E-state index in [4.69, 9.17) is 9.84 Å². The number of hydrogen-bond acceptors (Lipinski definition) is 5. The molecule has 1 fully saturated rings. The summed E-state index contributed by atoms with van der Waals surface area (Å²) >= 11 is 0.